The van der Waals surface area contributed by atoms with Gasteiger partial charge in [0, 0.05) is 12.1 Å². The molecule has 3 rings (SSSR count). The summed E-state index contributed by atoms with van der Waals surface area (Å²) in [5.74, 6) is 0. The number of likely N-dealkylation sites (tertiary alicyclic amines) is 1. The summed E-state index contributed by atoms with van der Waals surface area (Å²) in [6.07, 6.45) is 6.72. The molecule has 0 aromatic heterocycles. The van der Waals surface area contributed by atoms with Gasteiger partial charge in [-0.15, -0.1) is 0 Å². The Kier molecular flexibility index (Phi) is 2.96. The fourth-order valence-electron chi connectivity index (χ4n) is 3.65. The van der Waals surface area contributed by atoms with Crippen LogP contribution < -0.4 is 0 Å². The smallest absolute Gasteiger partial charge is 0.0142 e. The van der Waals surface area contributed by atoms with Gasteiger partial charge in [-0.3, -0.25) is 4.90 Å². The standard InChI is InChI=1S/C16H23N/c1-12-5-6-15-11-16(8-7-14(15)10-12)17-9-3-4-13(17)2/h5-6,10,13,16H,3-4,7-9,11H2,1-2H3/t13-,16+/m0/s1. The van der Waals surface area contributed by atoms with E-state index in [4.69, 9.17) is 0 Å². The predicted octanol–water partition coefficient (Wildman–Crippen LogP) is 3.34. The maximum Gasteiger partial charge on any atom is 0.0142 e. The van der Waals surface area contributed by atoms with Crippen molar-refractivity contribution in [1.29, 1.82) is 0 Å². The van der Waals surface area contributed by atoms with Crippen molar-refractivity contribution >= 4 is 0 Å². The summed E-state index contributed by atoms with van der Waals surface area (Å²) >= 11 is 0. The third-order valence-electron chi connectivity index (χ3n) is 4.64. The van der Waals surface area contributed by atoms with E-state index in [1.807, 2.05) is 0 Å². The van der Waals surface area contributed by atoms with Crippen molar-refractivity contribution in [2.75, 3.05) is 6.54 Å². The molecule has 0 saturated carbocycles. The molecular weight excluding hydrogens is 206 g/mol. The Morgan fingerprint density at radius 1 is 1.18 bits per heavy atom. The third kappa shape index (κ3) is 2.13. The van der Waals surface area contributed by atoms with Gasteiger partial charge >= 0.3 is 0 Å². The van der Waals surface area contributed by atoms with Crippen LogP contribution in [0.5, 0.6) is 0 Å². The van der Waals surface area contributed by atoms with Gasteiger partial charge < -0.3 is 0 Å². The Morgan fingerprint density at radius 2 is 2.06 bits per heavy atom. The van der Waals surface area contributed by atoms with E-state index >= 15 is 0 Å². The highest BCUT2D eigenvalue weighted by molar-refractivity contribution is 5.34. The fourth-order valence-corrected chi connectivity index (χ4v) is 3.65. The molecule has 1 nitrogen and oxygen atoms in total. The number of rotatable bonds is 1. The third-order valence-corrected chi connectivity index (χ3v) is 4.64. The lowest BCUT2D eigenvalue weighted by Crippen LogP contribution is -2.41. The van der Waals surface area contributed by atoms with Crippen molar-refractivity contribution in [2.45, 2.75) is 58.0 Å². The number of benzene rings is 1. The summed E-state index contributed by atoms with van der Waals surface area (Å²) in [5, 5.41) is 0. The Morgan fingerprint density at radius 3 is 2.82 bits per heavy atom. The zero-order valence-corrected chi connectivity index (χ0v) is 11.1. The minimum Gasteiger partial charge on any atom is -0.297 e. The molecule has 0 spiro atoms. The van der Waals surface area contributed by atoms with Gasteiger partial charge in [-0.05, 0) is 63.6 Å². The number of nitrogens with zero attached hydrogens (tertiary/aromatic N) is 1. The van der Waals surface area contributed by atoms with Gasteiger partial charge in [-0.2, -0.15) is 0 Å². The Balaban J connectivity index is 1.78. The number of aryl methyl sites for hydroxylation is 2. The van der Waals surface area contributed by atoms with Crippen LogP contribution in [0.4, 0.5) is 0 Å². The summed E-state index contributed by atoms with van der Waals surface area (Å²) in [5.41, 5.74) is 4.62. The Bertz CT molecular complexity index is 410. The molecule has 1 aromatic rings. The van der Waals surface area contributed by atoms with Crippen LogP contribution in [0.1, 0.15) is 42.9 Å². The molecule has 1 saturated heterocycles. The molecule has 1 aromatic carbocycles. The lowest BCUT2D eigenvalue weighted by Gasteiger charge is -2.35. The molecule has 1 heteroatoms. The molecule has 17 heavy (non-hydrogen) atoms. The molecule has 2 atom stereocenters. The first-order chi connectivity index (χ1) is 8.24. The van der Waals surface area contributed by atoms with E-state index in [0.717, 1.165) is 12.1 Å². The predicted molar refractivity (Wildman–Crippen MR) is 72.4 cm³/mol. The lowest BCUT2D eigenvalue weighted by molar-refractivity contribution is 0.174. The maximum absolute atomic E-state index is 2.75. The molecule has 0 radical (unpaired) electrons. The zero-order valence-electron chi connectivity index (χ0n) is 11.1. The second kappa shape index (κ2) is 4.45. The molecule has 92 valence electrons. The molecule has 0 unspecified atom stereocenters. The average molecular weight is 229 g/mol. The highest BCUT2D eigenvalue weighted by Crippen LogP contribution is 2.29. The molecule has 2 aliphatic rings. The Labute approximate surface area is 105 Å². The number of fused-ring (bicyclic) bond motifs is 1. The van der Waals surface area contributed by atoms with Gasteiger partial charge in [0.15, 0.2) is 0 Å². The SMILES string of the molecule is Cc1ccc2c(c1)CC[C@@H](N1CCC[C@@H]1C)C2. The Hall–Kier alpha value is -0.820. The van der Waals surface area contributed by atoms with Gasteiger partial charge in [0.25, 0.3) is 0 Å². The lowest BCUT2D eigenvalue weighted by atomic mass is 9.86. The number of hydrogen-bond donors (Lipinski definition) is 0. The van der Waals surface area contributed by atoms with Crippen molar-refractivity contribution in [3.05, 3.63) is 34.9 Å². The van der Waals surface area contributed by atoms with Crippen LogP contribution in [0, 0.1) is 6.92 Å². The molecule has 0 bridgehead atoms. The van der Waals surface area contributed by atoms with Gasteiger partial charge in [-0.25, -0.2) is 0 Å². The number of hydrogen-bond acceptors (Lipinski definition) is 1. The van der Waals surface area contributed by atoms with Crippen LogP contribution in [-0.2, 0) is 12.8 Å². The van der Waals surface area contributed by atoms with Crippen LogP contribution in [0.25, 0.3) is 0 Å². The quantitative estimate of drug-likeness (QED) is 0.714. The van der Waals surface area contributed by atoms with E-state index in [1.165, 1.54) is 44.2 Å². The highest BCUT2D eigenvalue weighted by Gasteiger charge is 2.30. The molecule has 0 amide bonds. The van der Waals surface area contributed by atoms with Crippen molar-refractivity contribution in [3.8, 4) is 0 Å². The van der Waals surface area contributed by atoms with Crippen LogP contribution in [0.3, 0.4) is 0 Å². The molecule has 1 heterocycles. The minimum absolute atomic E-state index is 0.808. The van der Waals surface area contributed by atoms with Gasteiger partial charge in [0.1, 0.15) is 0 Å². The second-order valence-electron chi connectivity index (χ2n) is 5.90. The van der Waals surface area contributed by atoms with Crippen LogP contribution in [-0.4, -0.2) is 23.5 Å². The summed E-state index contributed by atoms with van der Waals surface area (Å²) < 4.78 is 0. The van der Waals surface area contributed by atoms with E-state index in [1.54, 1.807) is 11.1 Å². The van der Waals surface area contributed by atoms with E-state index < -0.39 is 0 Å². The zero-order chi connectivity index (χ0) is 11.8. The van der Waals surface area contributed by atoms with E-state index in [2.05, 4.69) is 36.9 Å². The monoisotopic (exact) mass is 229 g/mol. The molecule has 1 aliphatic carbocycles. The fraction of sp³-hybridized carbons (Fsp3) is 0.625. The van der Waals surface area contributed by atoms with E-state index in [9.17, 15) is 0 Å². The topological polar surface area (TPSA) is 3.24 Å². The van der Waals surface area contributed by atoms with Crippen molar-refractivity contribution in [2.24, 2.45) is 0 Å². The first kappa shape index (κ1) is 11.3. The van der Waals surface area contributed by atoms with Gasteiger partial charge in [-0.1, -0.05) is 23.8 Å². The molecule has 1 fully saturated rings. The summed E-state index contributed by atoms with van der Waals surface area (Å²) in [4.78, 5) is 2.75. The molecule has 0 N–H and O–H groups in total. The summed E-state index contributed by atoms with van der Waals surface area (Å²) in [6.45, 7) is 5.93. The normalized spacial score (nSPS) is 29.3. The van der Waals surface area contributed by atoms with Crippen LogP contribution in [0.2, 0.25) is 0 Å². The van der Waals surface area contributed by atoms with Gasteiger partial charge in [0.2, 0.25) is 0 Å². The van der Waals surface area contributed by atoms with Gasteiger partial charge in [0.05, 0.1) is 0 Å². The van der Waals surface area contributed by atoms with E-state index in [0.29, 0.717) is 0 Å². The molecular formula is C16H23N. The maximum atomic E-state index is 2.75. The second-order valence-corrected chi connectivity index (χ2v) is 5.90. The van der Waals surface area contributed by atoms with E-state index in [-0.39, 0.29) is 0 Å². The first-order valence-corrected chi connectivity index (χ1v) is 7.08. The minimum atomic E-state index is 0.808. The largest absolute Gasteiger partial charge is 0.297 e. The average Bonchev–Trinajstić information content (AvgIpc) is 2.75. The van der Waals surface area contributed by atoms with Crippen molar-refractivity contribution in [1.82, 2.24) is 4.90 Å². The summed E-state index contributed by atoms with van der Waals surface area (Å²) in [7, 11) is 0. The van der Waals surface area contributed by atoms with Crippen molar-refractivity contribution < 1.29 is 0 Å². The highest BCUT2D eigenvalue weighted by atomic mass is 15.2. The van der Waals surface area contributed by atoms with Crippen LogP contribution >= 0.6 is 0 Å². The van der Waals surface area contributed by atoms with Crippen LogP contribution in [0.15, 0.2) is 18.2 Å². The molecule has 1 aliphatic heterocycles. The van der Waals surface area contributed by atoms with Crippen molar-refractivity contribution in [3.63, 3.8) is 0 Å². The first-order valence-electron chi connectivity index (χ1n) is 7.08. The summed E-state index contributed by atoms with van der Waals surface area (Å²) in [6, 6.07) is 8.64.